The zero-order valence-electron chi connectivity index (χ0n) is 21.0. The monoisotopic (exact) mass is 500 g/mol. The Balaban J connectivity index is 1.23. The molecule has 0 radical (unpaired) electrons. The molecular formula is C30H32N2O5. The minimum absolute atomic E-state index is 0.0150. The van der Waals surface area contributed by atoms with Crippen LogP contribution in [-0.4, -0.2) is 73.0 Å². The van der Waals surface area contributed by atoms with E-state index in [0.29, 0.717) is 23.6 Å². The van der Waals surface area contributed by atoms with E-state index in [1.165, 1.54) is 5.56 Å². The molecule has 6 rings (SSSR count). The second-order valence-corrected chi connectivity index (χ2v) is 9.96. The second kappa shape index (κ2) is 10.1. The molecule has 3 heterocycles. The summed E-state index contributed by atoms with van der Waals surface area (Å²) in [4.78, 5) is 17.9. The van der Waals surface area contributed by atoms with Gasteiger partial charge in [0.1, 0.15) is 5.75 Å². The fourth-order valence-electron chi connectivity index (χ4n) is 6.02. The fraction of sp³-hybridized carbons (Fsp3) is 0.367. The number of nitrogens with zero attached hydrogens (tertiary/aromatic N) is 2. The molecule has 0 spiro atoms. The van der Waals surface area contributed by atoms with Crippen molar-refractivity contribution in [2.75, 3.05) is 40.1 Å². The van der Waals surface area contributed by atoms with Crippen molar-refractivity contribution in [3.63, 3.8) is 0 Å². The van der Waals surface area contributed by atoms with E-state index in [1.54, 1.807) is 13.2 Å². The Kier molecular flexibility index (Phi) is 6.49. The number of hydrogen-bond acceptors (Lipinski definition) is 6. The third-order valence-corrected chi connectivity index (χ3v) is 8.00. The van der Waals surface area contributed by atoms with Crippen molar-refractivity contribution in [2.45, 2.75) is 30.8 Å². The molecule has 3 aliphatic heterocycles. The lowest BCUT2D eigenvalue weighted by molar-refractivity contribution is -0.0606. The standard InChI is InChI=1S/C30H32N2O5/c1-35-24-11-8-21(9-12-24)20-4-6-22(7-5-20)29-25-17-31(14-2-3-15-32(25)26(29)18-33)30(34)23-10-13-27-28(16-23)37-19-36-27/h4-13,16,25-26,29,33H,2-3,14-15,17-19H2,1H3/t25-,26+,29+/m1/s1. The number of fused-ring (bicyclic) bond motifs is 2. The Morgan fingerprint density at radius 3 is 2.38 bits per heavy atom. The lowest BCUT2D eigenvalue weighted by Gasteiger charge is -2.57. The molecular weight excluding hydrogens is 468 g/mol. The molecule has 192 valence electrons. The molecule has 7 heteroatoms. The SMILES string of the molecule is COc1ccc(-c2ccc([C@H]3[C@H]4CN(C(=O)c5ccc6c(c5)OCO6)CCCCN4[C@H]3CO)cc2)cc1. The first-order valence-electron chi connectivity index (χ1n) is 13.0. The van der Waals surface area contributed by atoms with E-state index in [0.717, 1.165) is 42.8 Å². The average molecular weight is 501 g/mol. The van der Waals surface area contributed by atoms with Crippen molar-refractivity contribution >= 4 is 5.91 Å². The van der Waals surface area contributed by atoms with E-state index in [9.17, 15) is 9.90 Å². The number of rotatable bonds is 5. The first-order valence-corrected chi connectivity index (χ1v) is 13.0. The Bertz CT molecular complexity index is 1260. The normalized spacial score (nSPS) is 23.0. The van der Waals surface area contributed by atoms with E-state index in [-0.39, 0.29) is 37.3 Å². The van der Waals surface area contributed by atoms with E-state index >= 15 is 0 Å². The highest BCUT2D eigenvalue weighted by Gasteiger charge is 2.49. The summed E-state index contributed by atoms with van der Waals surface area (Å²) in [6.45, 7) is 2.61. The molecule has 0 aromatic heterocycles. The van der Waals surface area contributed by atoms with Crippen LogP contribution in [0.25, 0.3) is 11.1 Å². The van der Waals surface area contributed by atoms with Crippen LogP contribution in [0.15, 0.2) is 66.7 Å². The lowest BCUT2D eigenvalue weighted by Crippen LogP contribution is -2.67. The summed E-state index contributed by atoms with van der Waals surface area (Å²) in [5.74, 6) is 2.32. The molecule has 3 atom stereocenters. The first kappa shape index (κ1) is 23.8. The summed E-state index contributed by atoms with van der Waals surface area (Å²) in [6, 6.07) is 22.3. The molecule has 0 aliphatic carbocycles. The minimum atomic E-state index is 0.0150. The zero-order valence-corrected chi connectivity index (χ0v) is 21.0. The van der Waals surface area contributed by atoms with E-state index in [2.05, 4.69) is 41.3 Å². The predicted octanol–water partition coefficient (Wildman–Crippen LogP) is 4.16. The summed E-state index contributed by atoms with van der Waals surface area (Å²) >= 11 is 0. The van der Waals surface area contributed by atoms with Crippen LogP contribution < -0.4 is 14.2 Å². The summed E-state index contributed by atoms with van der Waals surface area (Å²) < 4.78 is 16.2. The number of carbonyl (C=O) groups excluding carboxylic acids is 1. The van der Waals surface area contributed by atoms with Gasteiger partial charge in [-0.2, -0.15) is 0 Å². The van der Waals surface area contributed by atoms with Gasteiger partial charge in [-0.3, -0.25) is 9.69 Å². The van der Waals surface area contributed by atoms with Crippen molar-refractivity contribution in [2.24, 2.45) is 0 Å². The van der Waals surface area contributed by atoms with Gasteiger partial charge >= 0.3 is 0 Å². The van der Waals surface area contributed by atoms with Gasteiger partial charge in [-0.1, -0.05) is 36.4 Å². The number of hydrogen-bond donors (Lipinski definition) is 1. The van der Waals surface area contributed by atoms with Gasteiger partial charge in [0.05, 0.1) is 13.7 Å². The number of ether oxygens (including phenoxy) is 3. The highest BCUT2D eigenvalue weighted by Crippen LogP contribution is 2.43. The van der Waals surface area contributed by atoms with Crippen LogP contribution in [0, 0.1) is 0 Å². The van der Waals surface area contributed by atoms with Crippen molar-refractivity contribution < 1.29 is 24.1 Å². The summed E-state index contributed by atoms with van der Waals surface area (Å²) in [5.41, 5.74) is 4.09. The van der Waals surface area contributed by atoms with E-state index in [4.69, 9.17) is 14.2 Å². The third-order valence-electron chi connectivity index (χ3n) is 8.00. The maximum absolute atomic E-state index is 13.5. The van der Waals surface area contributed by atoms with Gasteiger partial charge in [-0.05, 0) is 66.4 Å². The van der Waals surface area contributed by atoms with Crippen molar-refractivity contribution in [3.8, 4) is 28.4 Å². The van der Waals surface area contributed by atoms with Crippen LogP contribution >= 0.6 is 0 Å². The number of benzene rings is 3. The van der Waals surface area contributed by atoms with Gasteiger partial charge in [0, 0.05) is 36.7 Å². The minimum Gasteiger partial charge on any atom is -0.497 e. The number of methoxy groups -OCH3 is 1. The fourth-order valence-corrected chi connectivity index (χ4v) is 6.02. The van der Waals surface area contributed by atoms with Crippen LogP contribution in [0.1, 0.15) is 34.7 Å². The second-order valence-electron chi connectivity index (χ2n) is 9.96. The van der Waals surface area contributed by atoms with Crippen LogP contribution in [0.2, 0.25) is 0 Å². The summed E-state index contributed by atoms with van der Waals surface area (Å²) in [5, 5.41) is 10.3. The topological polar surface area (TPSA) is 71.5 Å². The Morgan fingerprint density at radius 1 is 0.946 bits per heavy atom. The van der Waals surface area contributed by atoms with Crippen molar-refractivity contribution in [3.05, 3.63) is 77.9 Å². The van der Waals surface area contributed by atoms with E-state index < -0.39 is 0 Å². The number of amides is 1. The molecule has 2 saturated heterocycles. The highest BCUT2D eigenvalue weighted by atomic mass is 16.7. The molecule has 1 amide bonds. The molecule has 0 saturated carbocycles. The van der Waals surface area contributed by atoms with Gasteiger partial charge in [0.15, 0.2) is 11.5 Å². The third kappa shape index (κ3) is 4.43. The van der Waals surface area contributed by atoms with E-state index in [1.807, 2.05) is 29.2 Å². The molecule has 2 fully saturated rings. The largest absolute Gasteiger partial charge is 0.497 e. The number of aliphatic hydroxyl groups excluding tert-OH is 1. The van der Waals surface area contributed by atoms with Crippen molar-refractivity contribution in [1.29, 1.82) is 0 Å². The number of carbonyl (C=O) groups is 1. The Morgan fingerprint density at radius 2 is 1.65 bits per heavy atom. The summed E-state index contributed by atoms with van der Waals surface area (Å²) in [7, 11) is 1.67. The summed E-state index contributed by atoms with van der Waals surface area (Å²) in [6.07, 6.45) is 1.94. The Labute approximate surface area is 217 Å². The van der Waals surface area contributed by atoms with Crippen LogP contribution in [0.3, 0.4) is 0 Å². The first-order chi connectivity index (χ1) is 18.2. The molecule has 7 nitrogen and oxygen atoms in total. The van der Waals surface area contributed by atoms with Gasteiger partial charge in [0.25, 0.3) is 5.91 Å². The molecule has 3 aliphatic rings. The van der Waals surface area contributed by atoms with Gasteiger partial charge < -0.3 is 24.2 Å². The molecule has 3 aromatic carbocycles. The van der Waals surface area contributed by atoms with Gasteiger partial charge in [-0.25, -0.2) is 0 Å². The van der Waals surface area contributed by atoms with Gasteiger partial charge in [0.2, 0.25) is 6.79 Å². The zero-order chi connectivity index (χ0) is 25.4. The molecule has 0 bridgehead atoms. The quantitative estimate of drug-likeness (QED) is 0.568. The maximum Gasteiger partial charge on any atom is 0.254 e. The maximum atomic E-state index is 13.5. The van der Waals surface area contributed by atoms with Crippen molar-refractivity contribution in [1.82, 2.24) is 9.80 Å². The predicted molar refractivity (Wildman–Crippen MR) is 140 cm³/mol. The Hall–Kier alpha value is -3.55. The average Bonchev–Trinajstić information content (AvgIpc) is 3.40. The molecule has 3 aromatic rings. The van der Waals surface area contributed by atoms with Crippen LogP contribution in [-0.2, 0) is 0 Å². The van der Waals surface area contributed by atoms with Crippen LogP contribution in [0.4, 0.5) is 0 Å². The molecule has 1 N–H and O–H groups in total. The van der Waals surface area contributed by atoms with Gasteiger partial charge in [-0.15, -0.1) is 0 Å². The number of aliphatic hydroxyl groups is 1. The smallest absolute Gasteiger partial charge is 0.254 e. The lowest BCUT2D eigenvalue weighted by atomic mass is 9.74. The highest BCUT2D eigenvalue weighted by molar-refractivity contribution is 5.95. The molecule has 0 unspecified atom stereocenters. The molecule has 37 heavy (non-hydrogen) atoms. The van der Waals surface area contributed by atoms with Crippen LogP contribution in [0.5, 0.6) is 17.2 Å².